The van der Waals surface area contributed by atoms with Gasteiger partial charge in [0.15, 0.2) is 0 Å². The van der Waals surface area contributed by atoms with Crippen LogP contribution >= 0.6 is 0 Å². The number of aromatic hydroxyl groups is 1. The lowest BCUT2D eigenvalue weighted by Gasteiger charge is -2.28. The van der Waals surface area contributed by atoms with Crippen LogP contribution in [0, 0.1) is 0 Å². The number of methoxy groups -OCH3 is 1. The van der Waals surface area contributed by atoms with Crippen molar-refractivity contribution in [3.8, 4) is 11.5 Å². The van der Waals surface area contributed by atoms with Crippen LogP contribution in [0.1, 0.15) is 35.8 Å². The molecule has 1 amide bonds. The molecular formula is C27H27N3O4. The molecule has 7 heteroatoms. The summed E-state index contributed by atoms with van der Waals surface area (Å²) >= 11 is 0. The van der Waals surface area contributed by atoms with Crippen molar-refractivity contribution in [1.29, 1.82) is 0 Å². The lowest BCUT2D eigenvalue weighted by Crippen LogP contribution is -2.39. The van der Waals surface area contributed by atoms with Crippen molar-refractivity contribution in [3.63, 3.8) is 0 Å². The predicted molar refractivity (Wildman–Crippen MR) is 130 cm³/mol. The molecule has 174 valence electrons. The number of ether oxygens (including phenoxy) is 1. The predicted octanol–water partition coefficient (Wildman–Crippen LogP) is 4.46. The zero-order valence-electron chi connectivity index (χ0n) is 19.1. The second-order valence-corrected chi connectivity index (χ2v) is 8.51. The minimum Gasteiger partial charge on any atom is -0.508 e. The first-order chi connectivity index (χ1) is 16.6. The number of carbonyl (C=O) groups is 1. The lowest BCUT2D eigenvalue weighted by molar-refractivity contribution is -0.134. The van der Waals surface area contributed by atoms with Gasteiger partial charge >= 0.3 is 0 Å². The van der Waals surface area contributed by atoms with Gasteiger partial charge in [0, 0.05) is 19.5 Å². The number of hydrogen-bond donors (Lipinski definition) is 1. The van der Waals surface area contributed by atoms with Gasteiger partial charge < -0.3 is 14.3 Å². The molecule has 34 heavy (non-hydrogen) atoms. The van der Waals surface area contributed by atoms with Gasteiger partial charge in [-0.1, -0.05) is 18.2 Å². The number of carbonyl (C=O) groups excluding carboxylic acids is 1. The summed E-state index contributed by atoms with van der Waals surface area (Å²) in [7, 11) is 1.64. The van der Waals surface area contributed by atoms with Gasteiger partial charge in [0.1, 0.15) is 23.3 Å². The number of phenolic OH excluding ortho intramolecular Hbond substituents is 1. The van der Waals surface area contributed by atoms with Gasteiger partial charge in [-0.05, 0) is 71.7 Å². The minimum atomic E-state index is -0.257. The highest BCUT2D eigenvalue weighted by molar-refractivity contribution is 6.03. The number of amides is 1. The molecule has 0 unspecified atom stereocenters. The number of furan rings is 1. The van der Waals surface area contributed by atoms with Crippen molar-refractivity contribution in [1.82, 2.24) is 9.91 Å². The maximum Gasteiger partial charge on any atom is 0.257 e. The molecule has 0 radical (unpaired) electrons. The summed E-state index contributed by atoms with van der Waals surface area (Å²) in [5.74, 6) is 1.72. The molecule has 1 aromatic heterocycles. The highest BCUT2D eigenvalue weighted by Crippen LogP contribution is 2.34. The third-order valence-corrected chi connectivity index (χ3v) is 6.35. The SMILES string of the molecule is COc1ccc(C2=NN(C(=O)CN3CC=C(c4ccc(O)cc4)CC3)[C@H](c3ccco3)C2)cc1. The third kappa shape index (κ3) is 4.61. The molecule has 2 aromatic carbocycles. The van der Waals surface area contributed by atoms with Gasteiger partial charge in [0.2, 0.25) is 0 Å². The molecule has 3 heterocycles. The van der Waals surface area contributed by atoms with E-state index in [0.29, 0.717) is 13.0 Å². The normalized spacial score (nSPS) is 18.5. The number of nitrogens with zero attached hydrogens (tertiary/aromatic N) is 3. The van der Waals surface area contributed by atoms with Crippen LogP contribution in [0.15, 0.2) is 82.5 Å². The van der Waals surface area contributed by atoms with Crippen molar-refractivity contribution < 1.29 is 19.1 Å². The highest BCUT2D eigenvalue weighted by Gasteiger charge is 2.35. The number of rotatable bonds is 6. The lowest BCUT2D eigenvalue weighted by atomic mass is 9.99. The van der Waals surface area contributed by atoms with Crippen LogP contribution in [0.2, 0.25) is 0 Å². The number of hydrazone groups is 1. The summed E-state index contributed by atoms with van der Waals surface area (Å²) in [5, 5.41) is 15.8. The zero-order chi connectivity index (χ0) is 23.5. The van der Waals surface area contributed by atoms with Crippen LogP contribution in [-0.2, 0) is 4.79 Å². The van der Waals surface area contributed by atoms with Gasteiger partial charge in [0.25, 0.3) is 5.91 Å². The maximum atomic E-state index is 13.4. The maximum absolute atomic E-state index is 13.4. The van der Waals surface area contributed by atoms with E-state index in [1.54, 1.807) is 30.5 Å². The van der Waals surface area contributed by atoms with Crippen molar-refractivity contribution in [2.24, 2.45) is 5.10 Å². The molecule has 0 saturated heterocycles. The summed E-state index contributed by atoms with van der Waals surface area (Å²) in [6, 6.07) is 18.5. The fraction of sp³-hybridized carbons (Fsp3) is 0.259. The number of hydrogen-bond acceptors (Lipinski definition) is 6. The van der Waals surface area contributed by atoms with Crippen molar-refractivity contribution in [2.45, 2.75) is 18.9 Å². The molecule has 0 saturated carbocycles. The van der Waals surface area contributed by atoms with Gasteiger partial charge in [-0.2, -0.15) is 5.10 Å². The first kappa shape index (κ1) is 22.0. The fourth-order valence-corrected chi connectivity index (χ4v) is 4.46. The average Bonchev–Trinajstić information content (AvgIpc) is 3.55. The van der Waals surface area contributed by atoms with E-state index in [1.165, 1.54) is 5.57 Å². The highest BCUT2D eigenvalue weighted by atomic mass is 16.5. The second-order valence-electron chi connectivity index (χ2n) is 8.51. The van der Waals surface area contributed by atoms with E-state index in [-0.39, 0.29) is 24.2 Å². The molecule has 7 nitrogen and oxygen atoms in total. The summed E-state index contributed by atoms with van der Waals surface area (Å²) in [4.78, 5) is 15.5. The van der Waals surface area contributed by atoms with E-state index in [1.807, 2.05) is 48.5 Å². The largest absolute Gasteiger partial charge is 0.508 e. The smallest absolute Gasteiger partial charge is 0.257 e. The number of benzene rings is 2. The van der Waals surface area contributed by atoms with E-state index in [4.69, 9.17) is 14.3 Å². The van der Waals surface area contributed by atoms with Crippen LogP contribution in [-0.4, -0.2) is 53.4 Å². The molecule has 5 rings (SSSR count). The summed E-state index contributed by atoms with van der Waals surface area (Å²) in [5.41, 5.74) is 4.16. The molecular weight excluding hydrogens is 430 g/mol. The average molecular weight is 458 g/mol. The Labute approximate surface area is 198 Å². The summed E-state index contributed by atoms with van der Waals surface area (Å²) in [6.45, 7) is 1.76. The molecule has 1 N–H and O–H groups in total. The second kappa shape index (κ2) is 9.57. The zero-order valence-corrected chi connectivity index (χ0v) is 19.1. The molecule has 2 aliphatic heterocycles. The molecule has 3 aromatic rings. The van der Waals surface area contributed by atoms with Crippen molar-refractivity contribution in [2.75, 3.05) is 26.7 Å². The molecule has 0 spiro atoms. The fourth-order valence-electron chi connectivity index (χ4n) is 4.46. The Morgan fingerprint density at radius 3 is 2.53 bits per heavy atom. The van der Waals surface area contributed by atoms with Crippen molar-refractivity contribution >= 4 is 17.2 Å². The first-order valence-electron chi connectivity index (χ1n) is 11.4. The Hall–Kier alpha value is -3.84. The molecule has 0 fully saturated rings. The molecule has 0 bridgehead atoms. The van der Waals surface area contributed by atoms with E-state index in [2.05, 4.69) is 11.0 Å². The van der Waals surface area contributed by atoms with Crippen molar-refractivity contribution in [3.05, 3.63) is 89.9 Å². The van der Waals surface area contributed by atoms with Crippen LogP contribution < -0.4 is 4.74 Å². The monoisotopic (exact) mass is 457 g/mol. The Kier molecular flexibility index (Phi) is 6.18. The van der Waals surface area contributed by atoms with Crippen LogP contribution in [0.3, 0.4) is 0 Å². The van der Waals surface area contributed by atoms with Gasteiger partial charge in [-0.15, -0.1) is 0 Å². The Morgan fingerprint density at radius 1 is 1.12 bits per heavy atom. The van der Waals surface area contributed by atoms with E-state index < -0.39 is 0 Å². The topological polar surface area (TPSA) is 78.5 Å². The van der Waals surface area contributed by atoms with Crippen LogP contribution in [0.4, 0.5) is 0 Å². The first-order valence-corrected chi connectivity index (χ1v) is 11.4. The van der Waals surface area contributed by atoms with Gasteiger partial charge in [0.05, 0.1) is 25.6 Å². The molecule has 1 atom stereocenters. The standard InChI is InChI=1S/C27H27N3O4/c1-33-23-10-6-21(7-11-23)24-17-25(26-3-2-16-34-26)30(28-24)27(32)18-29-14-12-20(13-15-29)19-4-8-22(31)9-5-19/h2-12,16,25,31H,13-15,17-18H2,1H3/t25-/m0/s1. The van der Waals surface area contributed by atoms with Gasteiger partial charge in [-0.3, -0.25) is 9.69 Å². The Morgan fingerprint density at radius 2 is 1.88 bits per heavy atom. The summed E-state index contributed by atoms with van der Waals surface area (Å²) in [6.07, 6.45) is 5.23. The quantitative estimate of drug-likeness (QED) is 0.591. The number of phenols is 1. The van der Waals surface area contributed by atoms with Crippen LogP contribution in [0.5, 0.6) is 11.5 Å². The van der Waals surface area contributed by atoms with E-state index in [0.717, 1.165) is 41.3 Å². The molecule has 0 aliphatic carbocycles. The van der Waals surface area contributed by atoms with E-state index >= 15 is 0 Å². The molecule has 2 aliphatic rings. The van der Waals surface area contributed by atoms with E-state index in [9.17, 15) is 9.90 Å². The minimum absolute atomic E-state index is 0.0496. The Balaban J connectivity index is 1.30. The Bertz CT molecular complexity index is 1200. The van der Waals surface area contributed by atoms with Crippen LogP contribution in [0.25, 0.3) is 5.57 Å². The van der Waals surface area contributed by atoms with Gasteiger partial charge in [-0.25, -0.2) is 5.01 Å². The summed E-state index contributed by atoms with van der Waals surface area (Å²) < 4.78 is 10.9. The third-order valence-electron chi connectivity index (χ3n) is 6.35.